The van der Waals surface area contributed by atoms with Crippen LogP contribution in [0.3, 0.4) is 0 Å². The topological polar surface area (TPSA) is 171 Å². The Labute approximate surface area is 210 Å². The highest BCUT2D eigenvalue weighted by Crippen LogP contribution is 2.11. The molecule has 0 aliphatic heterocycles. The lowest BCUT2D eigenvalue weighted by atomic mass is 9.96. The Hall–Kier alpha value is -2.63. The van der Waals surface area contributed by atoms with Crippen LogP contribution in [0.5, 0.6) is 0 Å². The summed E-state index contributed by atoms with van der Waals surface area (Å²) < 4.78 is 0. The largest absolute Gasteiger partial charge is 0.480 e. The van der Waals surface area contributed by atoms with Crippen molar-refractivity contribution in [3.05, 3.63) is 35.9 Å². The van der Waals surface area contributed by atoms with Crippen LogP contribution < -0.4 is 21.7 Å². The molecule has 0 fully saturated rings. The van der Waals surface area contributed by atoms with Gasteiger partial charge in [0.1, 0.15) is 12.1 Å². The third-order valence-electron chi connectivity index (χ3n) is 5.72. The molecule has 11 heteroatoms. The predicted molar refractivity (Wildman–Crippen MR) is 136 cm³/mol. The Morgan fingerprint density at radius 1 is 0.971 bits per heavy atom. The second-order valence-corrected chi connectivity index (χ2v) is 9.56. The fourth-order valence-corrected chi connectivity index (χ4v) is 3.80. The molecule has 0 aliphatic carbocycles. The number of rotatable bonds is 15. The molecule has 0 bridgehead atoms. The Bertz CT molecular complexity index is 839. The molecule has 3 amide bonds. The summed E-state index contributed by atoms with van der Waals surface area (Å²) in [7, 11) is 0. The highest BCUT2D eigenvalue weighted by Gasteiger charge is 2.33. The van der Waals surface area contributed by atoms with Crippen molar-refractivity contribution >= 4 is 35.5 Å². The van der Waals surface area contributed by atoms with E-state index in [9.17, 15) is 29.4 Å². The number of carboxylic acid groups (broad SMARTS) is 1. The van der Waals surface area contributed by atoms with E-state index >= 15 is 0 Å². The van der Waals surface area contributed by atoms with Gasteiger partial charge in [-0.05, 0) is 43.3 Å². The average molecular weight is 511 g/mol. The van der Waals surface area contributed by atoms with Gasteiger partial charge in [0, 0.05) is 0 Å². The maximum absolute atomic E-state index is 13.2. The van der Waals surface area contributed by atoms with Crippen LogP contribution in [0.15, 0.2) is 30.3 Å². The van der Waals surface area contributed by atoms with E-state index in [4.69, 9.17) is 5.73 Å². The van der Waals surface area contributed by atoms with Crippen LogP contribution in [-0.4, -0.2) is 76.2 Å². The van der Waals surface area contributed by atoms with Gasteiger partial charge in [-0.3, -0.25) is 14.4 Å². The van der Waals surface area contributed by atoms with E-state index in [1.54, 1.807) is 6.92 Å². The van der Waals surface area contributed by atoms with E-state index < -0.39 is 54.0 Å². The van der Waals surface area contributed by atoms with Gasteiger partial charge in [-0.1, -0.05) is 50.6 Å². The highest BCUT2D eigenvalue weighted by molar-refractivity contribution is 7.98. The van der Waals surface area contributed by atoms with Gasteiger partial charge in [0.05, 0.1) is 12.1 Å². The minimum absolute atomic E-state index is 0.236. The van der Waals surface area contributed by atoms with Crippen LogP contribution in [-0.2, 0) is 25.6 Å². The van der Waals surface area contributed by atoms with Crippen molar-refractivity contribution in [1.29, 1.82) is 0 Å². The molecule has 6 atom stereocenters. The van der Waals surface area contributed by atoms with Gasteiger partial charge in [0.25, 0.3) is 0 Å². The maximum Gasteiger partial charge on any atom is 0.328 e. The molecule has 0 saturated carbocycles. The van der Waals surface area contributed by atoms with Crippen LogP contribution in [0.4, 0.5) is 0 Å². The molecule has 0 spiro atoms. The van der Waals surface area contributed by atoms with Gasteiger partial charge in [0.2, 0.25) is 17.7 Å². The molecule has 0 aromatic heterocycles. The van der Waals surface area contributed by atoms with Gasteiger partial charge >= 0.3 is 5.97 Å². The first kappa shape index (κ1) is 30.4. The number of amides is 3. The first-order chi connectivity index (χ1) is 16.5. The van der Waals surface area contributed by atoms with Crippen molar-refractivity contribution in [2.45, 2.75) is 70.3 Å². The van der Waals surface area contributed by atoms with Gasteiger partial charge in [-0.15, -0.1) is 0 Å². The summed E-state index contributed by atoms with van der Waals surface area (Å²) in [4.78, 5) is 50.1. The quantitative estimate of drug-likeness (QED) is 0.195. The van der Waals surface area contributed by atoms with Gasteiger partial charge in [-0.25, -0.2) is 4.79 Å². The Morgan fingerprint density at radius 3 is 2.09 bits per heavy atom. The van der Waals surface area contributed by atoms with Gasteiger partial charge in [-0.2, -0.15) is 11.8 Å². The van der Waals surface area contributed by atoms with Crippen LogP contribution in [0, 0.1) is 5.92 Å². The fraction of sp³-hybridized carbons (Fsp3) is 0.583. The van der Waals surface area contributed by atoms with E-state index in [0.717, 1.165) is 5.56 Å². The van der Waals surface area contributed by atoms with Crippen molar-refractivity contribution in [3.8, 4) is 0 Å². The van der Waals surface area contributed by atoms with Crippen LogP contribution >= 0.6 is 11.8 Å². The van der Waals surface area contributed by atoms with Crippen LogP contribution in [0.1, 0.15) is 39.2 Å². The molecule has 7 N–H and O–H groups in total. The molecule has 196 valence electrons. The standard InChI is InChI=1S/C24H38N4O6S/c1-5-14(2)19(27-21(30)17(25)13-16-9-7-6-8-10-16)23(32)26-18(11-12-35-4)22(31)28-20(15(3)29)24(33)34/h6-10,14-15,17-20,29H,5,11-13,25H2,1-4H3,(H,26,32)(H,27,30)(H,28,31)(H,33,34). The molecule has 10 nitrogen and oxygen atoms in total. The number of hydrogen-bond donors (Lipinski definition) is 6. The van der Waals surface area contributed by atoms with Gasteiger partial charge < -0.3 is 31.9 Å². The van der Waals surface area contributed by atoms with Crippen molar-refractivity contribution in [1.82, 2.24) is 16.0 Å². The number of benzene rings is 1. The first-order valence-corrected chi connectivity index (χ1v) is 13.0. The molecule has 0 aliphatic rings. The lowest BCUT2D eigenvalue weighted by molar-refractivity contribution is -0.145. The molecule has 0 heterocycles. The molecule has 0 saturated heterocycles. The zero-order valence-electron chi connectivity index (χ0n) is 20.7. The summed E-state index contributed by atoms with van der Waals surface area (Å²) in [6, 6.07) is 4.91. The van der Waals surface area contributed by atoms with Crippen LogP contribution in [0.2, 0.25) is 0 Å². The summed E-state index contributed by atoms with van der Waals surface area (Å²) in [5.41, 5.74) is 6.96. The number of aliphatic hydroxyl groups excluding tert-OH is 1. The molecular formula is C24H38N4O6S. The van der Waals surface area contributed by atoms with E-state index in [2.05, 4.69) is 16.0 Å². The molecular weight excluding hydrogens is 472 g/mol. The van der Waals surface area contributed by atoms with E-state index in [1.807, 2.05) is 43.5 Å². The van der Waals surface area contributed by atoms with Gasteiger partial charge in [0.15, 0.2) is 6.04 Å². The third-order valence-corrected chi connectivity index (χ3v) is 6.36. The molecule has 1 aromatic rings. The molecule has 1 aromatic carbocycles. The number of nitrogens with one attached hydrogen (secondary N) is 3. The lowest BCUT2D eigenvalue weighted by Crippen LogP contribution is -2.59. The second kappa shape index (κ2) is 15.4. The summed E-state index contributed by atoms with van der Waals surface area (Å²) in [5.74, 6) is -2.90. The fourth-order valence-electron chi connectivity index (χ4n) is 3.33. The zero-order valence-corrected chi connectivity index (χ0v) is 21.5. The Morgan fingerprint density at radius 2 is 1.57 bits per heavy atom. The molecule has 0 radical (unpaired) electrons. The minimum Gasteiger partial charge on any atom is -0.480 e. The average Bonchev–Trinajstić information content (AvgIpc) is 2.82. The summed E-state index contributed by atoms with van der Waals surface area (Å²) in [5, 5.41) is 26.6. The van der Waals surface area contributed by atoms with E-state index in [0.29, 0.717) is 18.6 Å². The zero-order chi connectivity index (χ0) is 26.5. The maximum atomic E-state index is 13.2. The monoisotopic (exact) mass is 510 g/mol. The third kappa shape index (κ3) is 10.3. The van der Waals surface area contributed by atoms with Crippen molar-refractivity contribution in [2.24, 2.45) is 11.7 Å². The Kier molecular flexibility index (Phi) is 13.4. The number of aliphatic hydroxyl groups is 1. The Balaban J connectivity index is 2.96. The number of aliphatic carboxylic acids is 1. The smallest absolute Gasteiger partial charge is 0.328 e. The van der Waals surface area contributed by atoms with E-state index in [1.165, 1.54) is 18.7 Å². The predicted octanol–water partition coefficient (Wildman–Crippen LogP) is 0.275. The molecule has 1 rings (SSSR count). The summed E-state index contributed by atoms with van der Waals surface area (Å²) >= 11 is 1.46. The summed E-state index contributed by atoms with van der Waals surface area (Å²) in [6.07, 6.45) is 1.63. The normalized spacial score (nSPS) is 16.2. The van der Waals surface area contributed by atoms with Crippen LogP contribution in [0.25, 0.3) is 0 Å². The van der Waals surface area contributed by atoms with Crippen molar-refractivity contribution in [3.63, 3.8) is 0 Å². The minimum atomic E-state index is -1.52. The highest BCUT2D eigenvalue weighted by atomic mass is 32.2. The number of carbonyl (C=O) groups excluding carboxylic acids is 3. The first-order valence-electron chi connectivity index (χ1n) is 11.6. The van der Waals surface area contributed by atoms with Crippen molar-refractivity contribution < 1.29 is 29.4 Å². The number of carboxylic acids is 1. The molecule has 6 unspecified atom stereocenters. The number of thioether (sulfide) groups is 1. The van der Waals surface area contributed by atoms with E-state index in [-0.39, 0.29) is 12.3 Å². The second-order valence-electron chi connectivity index (χ2n) is 8.58. The lowest BCUT2D eigenvalue weighted by Gasteiger charge is -2.28. The molecule has 35 heavy (non-hydrogen) atoms. The summed E-state index contributed by atoms with van der Waals surface area (Å²) in [6.45, 7) is 4.93. The SMILES string of the molecule is CCC(C)C(NC(=O)C(N)Cc1ccccc1)C(=O)NC(CCSC)C(=O)NC(C(=O)O)C(C)O. The number of nitrogens with two attached hydrogens (primary N) is 1. The number of hydrogen-bond acceptors (Lipinski definition) is 7. The number of carbonyl (C=O) groups is 4. The van der Waals surface area contributed by atoms with Crippen molar-refractivity contribution in [2.75, 3.05) is 12.0 Å².